The van der Waals surface area contributed by atoms with Gasteiger partial charge >= 0.3 is 6.18 Å². The maximum absolute atomic E-state index is 12.8. The number of nitrogens with two attached hydrogens (primary N) is 1. The van der Waals surface area contributed by atoms with E-state index in [1.165, 1.54) is 44.6 Å². The molecule has 0 saturated carbocycles. The van der Waals surface area contributed by atoms with Crippen LogP contribution in [0.25, 0.3) is 10.2 Å². The smallest absolute Gasteiger partial charge is 0.422 e. The Hall–Kier alpha value is -3.74. The number of aromatic nitrogens is 1. The third kappa shape index (κ3) is 6.16. The standard InChI is InChI=1S/C20H18F3N3O6S/c1-29-13-5-10(6-14(30-2)17(13)31-8-16(24)27)18(28)26-19-25-12-4-3-11(7-15(12)33-19)32-9-20(21,22)23/h3-7H,8-9H2,1-2H3,(H2,24,27)(H,25,26,28). The summed E-state index contributed by atoms with van der Waals surface area (Å²) in [5, 5.41) is 2.83. The molecule has 176 valence electrons. The number of methoxy groups -OCH3 is 2. The van der Waals surface area contributed by atoms with E-state index in [0.717, 1.165) is 11.3 Å². The molecule has 0 bridgehead atoms. The number of ether oxygens (including phenoxy) is 4. The molecular formula is C20H18F3N3O6S. The van der Waals surface area contributed by atoms with Gasteiger partial charge in [0.25, 0.3) is 11.8 Å². The van der Waals surface area contributed by atoms with Crippen molar-refractivity contribution in [3.8, 4) is 23.0 Å². The lowest BCUT2D eigenvalue weighted by molar-refractivity contribution is -0.153. The number of nitrogens with zero attached hydrogens (tertiary/aromatic N) is 1. The fraction of sp³-hybridized carbons (Fsp3) is 0.250. The number of halogens is 3. The molecule has 3 aromatic rings. The zero-order valence-electron chi connectivity index (χ0n) is 17.3. The summed E-state index contributed by atoms with van der Waals surface area (Å²) in [5.74, 6) is -0.860. The summed E-state index contributed by atoms with van der Waals surface area (Å²) in [7, 11) is 2.69. The van der Waals surface area contributed by atoms with Crippen LogP contribution in [0.15, 0.2) is 30.3 Å². The number of primary amides is 1. The predicted octanol–water partition coefficient (Wildman–Crippen LogP) is 3.37. The van der Waals surface area contributed by atoms with Gasteiger partial charge in [0.1, 0.15) is 5.75 Å². The first-order chi connectivity index (χ1) is 15.6. The van der Waals surface area contributed by atoms with Gasteiger partial charge in [0.2, 0.25) is 5.75 Å². The minimum Gasteiger partial charge on any atom is -0.493 e. The normalized spacial score (nSPS) is 11.2. The predicted molar refractivity (Wildman–Crippen MR) is 113 cm³/mol. The van der Waals surface area contributed by atoms with E-state index >= 15 is 0 Å². The van der Waals surface area contributed by atoms with Gasteiger partial charge in [-0.05, 0) is 30.3 Å². The lowest BCUT2D eigenvalue weighted by Gasteiger charge is -2.15. The molecule has 3 N–H and O–H groups in total. The van der Waals surface area contributed by atoms with Crippen molar-refractivity contribution in [3.63, 3.8) is 0 Å². The molecule has 0 spiro atoms. The summed E-state index contributed by atoms with van der Waals surface area (Å²) in [6, 6.07) is 7.02. The second-order valence-electron chi connectivity index (χ2n) is 6.47. The molecule has 0 aliphatic heterocycles. The Balaban J connectivity index is 1.80. The Morgan fingerprint density at radius 2 is 1.76 bits per heavy atom. The van der Waals surface area contributed by atoms with Crippen LogP contribution in [0.4, 0.5) is 18.3 Å². The van der Waals surface area contributed by atoms with Gasteiger partial charge in [0.15, 0.2) is 29.8 Å². The van der Waals surface area contributed by atoms with E-state index in [2.05, 4.69) is 10.3 Å². The Morgan fingerprint density at radius 1 is 1.09 bits per heavy atom. The van der Waals surface area contributed by atoms with E-state index in [0.29, 0.717) is 10.2 Å². The summed E-state index contributed by atoms with van der Waals surface area (Å²) in [4.78, 5) is 28.0. The molecule has 0 fully saturated rings. The van der Waals surface area contributed by atoms with Crippen molar-refractivity contribution in [1.82, 2.24) is 4.98 Å². The number of carbonyl (C=O) groups is 2. The summed E-state index contributed by atoms with van der Waals surface area (Å²) in [6.07, 6.45) is -4.45. The Bertz CT molecular complexity index is 1160. The van der Waals surface area contributed by atoms with Gasteiger partial charge in [-0.3, -0.25) is 14.9 Å². The molecule has 0 radical (unpaired) electrons. The summed E-state index contributed by atoms with van der Waals surface area (Å²) >= 11 is 1.06. The molecule has 0 unspecified atom stereocenters. The second kappa shape index (κ2) is 9.81. The van der Waals surface area contributed by atoms with Gasteiger partial charge in [-0.2, -0.15) is 13.2 Å². The second-order valence-corrected chi connectivity index (χ2v) is 7.50. The number of thiazole rings is 1. The van der Waals surface area contributed by atoms with Crippen molar-refractivity contribution in [2.24, 2.45) is 5.73 Å². The first-order valence-corrected chi connectivity index (χ1v) is 10.00. The van der Waals surface area contributed by atoms with Crippen LogP contribution in [0.2, 0.25) is 0 Å². The number of hydrogen-bond donors (Lipinski definition) is 2. The molecule has 0 atom stereocenters. The molecule has 3 rings (SSSR count). The van der Waals surface area contributed by atoms with Crippen LogP contribution in [0.1, 0.15) is 10.4 Å². The molecule has 9 nitrogen and oxygen atoms in total. The fourth-order valence-electron chi connectivity index (χ4n) is 2.68. The zero-order valence-corrected chi connectivity index (χ0v) is 18.1. The molecule has 33 heavy (non-hydrogen) atoms. The molecule has 1 aromatic heterocycles. The third-order valence-corrected chi connectivity index (χ3v) is 5.00. The van der Waals surface area contributed by atoms with Gasteiger partial charge < -0.3 is 24.7 Å². The monoisotopic (exact) mass is 485 g/mol. The van der Waals surface area contributed by atoms with E-state index < -0.39 is 31.2 Å². The SMILES string of the molecule is COc1cc(C(=O)Nc2nc3ccc(OCC(F)(F)F)cc3s2)cc(OC)c1OCC(N)=O. The maximum Gasteiger partial charge on any atom is 0.422 e. The molecule has 1 heterocycles. The van der Waals surface area contributed by atoms with Crippen molar-refractivity contribution in [3.05, 3.63) is 35.9 Å². The molecule has 2 aromatic carbocycles. The first kappa shape index (κ1) is 23.9. The average Bonchev–Trinajstić information content (AvgIpc) is 3.16. The van der Waals surface area contributed by atoms with E-state index in [9.17, 15) is 22.8 Å². The highest BCUT2D eigenvalue weighted by Crippen LogP contribution is 2.39. The maximum atomic E-state index is 12.8. The minimum absolute atomic E-state index is 0.0300. The number of fused-ring (bicyclic) bond motifs is 1. The number of anilines is 1. The number of hydrogen-bond acceptors (Lipinski definition) is 8. The van der Waals surface area contributed by atoms with Crippen LogP contribution < -0.4 is 30.0 Å². The number of alkyl halides is 3. The molecule has 0 aliphatic carbocycles. The van der Waals surface area contributed by atoms with Crippen LogP contribution in [-0.4, -0.2) is 50.4 Å². The van der Waals surface area contributed by atoms with Crippen LogP contribution in [0.3, 0.4) is 0 Å². The van der Waals surface area contributed by atoms with Gasteiger partial charge in [-0.1, -0.05) is 11.3 Å². The average molecular weight is 485 g/mol. The lowest BCUT2D eigenvalue weighted by Crippen LogP contribution is -2.20. The summed E-state index contributed by atoms with van der Waals surface area (Å²) < 4.78 is 58.1. The van der Waals surface area contributed by atoms with E-state index in [1.54, 1.807) is 0 Å². The quantitative estimate of drug-likeness (QED) is 0.477. The number of benzene rings is 2. The van der Waals surface area contributed by atoms with Crippen LogP contribution in [0.5, 0.6) is 23.0 Å². The highest BCUT2D eigenvalue weighted by atomic mass is 32.1. The number of carbonyl (C=O) groups excluding carboxylic acids is 2. The van der Waals surface area contributed by atoms with Gasteiger partial charge in [0.05, 0.1) is 24.4 Å². The third-order valence-electron chi connectivity index (χ3n) is 4.06. The fourth-order valence-corrected chi connectivity index (χ4v) is 3.57. The van der Waals surface area contributed by atoms with Gasteiger partial charge in [0, 0.05) is 5.56 Å². The molecule has 0 saturated heterocycles. The van der Waals surface area contributed by atoms with Crippen molar-refractivity contribution < 1.29 is 41.7 Å². The minimum atomic E-state index is -4.45. The van der Waals surface area contributed by atoms with Crippen molar-refractivity contribution in [2.75, 3.05) is 32.8 Å². The van der Waals surface area contributed by atoms with Crippen molar-refractivity contribution >= 4 is 38.5 Å². The van der Waals surface area contributed by atoms with Crippen LogP contribution in [0, 0.1) is 0 Å². The Labute approximate surface area is 189 Å². The summed E-state index contributed by atoms with van der Waals surface area (Å²) in [6.45, 7) is -1.83. The molecular weight excluding hydrogens is 467 g/mol. The first-order valence-electron chi connectivity index (χ1n) is 9.18. The van der Waals surface area contributed by atoms with E-state index in [4.69, 9.17) is 24.7 Å². The Morgan fingerprint density at radius 3 is 2.33 bits per heavy atom. The van der Waals surface area contributed by atoms with Crippen molar-refractivity contribution in [2.45, 2.75) is 6.18 Å². The Kier molecular flexibility index (Phi) is 7.11. The van der Waals surface area contributed by atoms with Crippen molar-refractivity contribution in [1.29, 1.82) is 0 Å². The highest BCUT2D eigenvalue weighted by Gasteiger charge is 2.28. The number of amides is 2. The number of rotatable bonds is 9. The zero-order chi connectivity index (χ0) is 24.2. The molecule has 2 amide bonds. The number of nitrogens with one attached hydrogen (secondary N) is 1. The lowest BCUT2D eigenvalue weighted by atomic mass is 10.1. The molecule has 0 aliphatic rings. The van der Waals surface area contributed by atoms with Gasteiger partial charge in [-0.15, -0.1) is 0 Å². The van der Waals surface area contributed by atoms with Crippen LogP contribution >= 0.6 is 11.3 Å². The highest BCUT2D eigenvalue weighted by molar-refractivity contribution is 7.22. The van der Waals surface area contributed by atoms with Gasteiger partial charge in [-0.25, -0.2) is 4.98 Å². The molecule has 13 heteroatoms. The largest absolute Gasteiger partial charge is 0.493 e. The van der Waals surface area contributed by atoms with Crippen LogP contribution in [-0.2, 0) is 4.79 Å². The summed E-state index contributed by atoms with van der Waals surface area (Å²) in [5.41, 5.74) is 5.71. The van der Waals surface area contributed by atoms with E-state index in [1.807, 2.05) is 0 Å². The topological polar surface area (TPSA) is 122 Å². The van der Waals surface area contributed by atoms with E-state index in [-0.39, 0.29) is 33.7 Å².